The summed E-state index contributed by atoms with van der Waals surface area (Å²) in [6.07, 6.45) is 3.17. The standard InChI is InChI=1S/C8H15N5O/c1-6(9)3-2-4-10-8(14)7-5-11-13-12-7/h5-6H,2-4,9H2,1H3,(H,10,14)(H,11,12,13). The van der Waals surface area contributed by atoms with E-state index in [0.717, 1.165) is 12.8 Å². The number of carbonyl (C=O) groups excluding carboxylic acids is 1. The number of hydrogen-bond acceptors (Lipinski definition) is 4. The molecule has 6 nitrogen and oxygen atoms in total. The smallest absolute Gasteiger partial charge is 0.273 e. The first-order valence-electron chi connectivity index (χ1n) is 4.59. The maximum atomic E-state index is 11.3. The maximum absolute atomic E-state index is 11.3. The number of aromatic amines is 1. The Hall–Kier alpha value is -1.43. The molecule has 1 atom stereocenters. The molecule has 0 saturated carbocycles. The number of aromatic nitrogens is 3. The van der Waals surface area contributed by atoms with Crippen molar-refractivity contribution in [2.75, 3.05) is 6.54 Å². The second kappa shape index (κ2) is 5.33. The fourth-order valence-corrected chi connectivity index (χ4v) is 1.03. The highest BCUT2D eigenvalue weighted by molar-refractivity contribution is 5.91. The van der Waals surface area contributed by atoms with Crippen molar-refractivity contribution in [3.63, 3.8) is 0 Å². The van der Waals surface area contributed by atoms with Crippen LogP contribution < -0.4 is 11.1 Å². The SMILES string of the molecule is CC(N)CCCNC(=O)c1cn[nH]n1. The Bertz CT molecular complexity index is 269. The number of hydrogen-bond donors (Lipinski definition) is 3. The summed E-state index contributed by atoms with van der Waals surface area (Å²) in [7, 11) is 0. The van der Waals surface area contributed by atoms with Crippen LogP contribution in [0.5, 0.6) is 0 Å². The van der Waals surface area contributed by atoms with Crippen molar-refractivity contribution in [2.45, 2.75) is 25.8 Å². The normalized spacial score (nSPS) is 12.4. The van der Waals surface area contributed by atoms with Crippen LogP contribution in [0.2, 0.25) is 0 Å². The van der Waals surface area contributed by atoms with Gasteiger partial charge in [0.15, 0.2) is 5.69 Å². The summed E-state index contributed by atoms with van der Waals surface area (Å²) in [5.41, 5.74) is 5.87. The molecule has 0 aliphatic rings. The van der Waals surface area contributed by atoms with Gasteiger partial charge in [-0.05, 0) is 19.8 Å². The van der Waals surface area contributed by atoms with Crippen molar-refractivity contribution in [3.8, 4) is 0 Å². The fraction of sp³-hybridized carbons (Fsp3) is 0.625. The lowest BCUT2D eigenvalue weighted by atomic mass is 10.2. The van der Waals surface area contributed by atoms with Gasteiger partial charge in [-0.2, -0.15) is 15.4 Å². The van der Waals surface area contributed by atoms with Crippen LogP contribution in [-0.4, -0.2) is 33.9 Å². The molecule has 1 amide bonds. The van der Waals surface area contributed by atoms with E-state index >= 15 is 0 Å². The van der Waals surface area contributed by atoms with Gasteiger partial charge in [-0.25, -0.2) is 0 Å². The summed E-state index contributed by atoms with van der Waals surface area (Å²) in [5, 5.41) is 12.3. The van der Waals surface area contributed by atoms with Crippen LogP contribution in [0.3, 0.4) is 0 Å². The van der Waals surface area contributed by atoms with E-state index in [-0.39, 0.29) is 11.9 Å². The van der Waals surface area contributed by atoms with E-state index in [2.05, 4.69) is 20.7 Å². The Morgan fingerprint density at radius 1 is 1.79 bits per heavy atom. The van der Waals surface area contributed by atoms with Crippen LogP contribution in [0.25, 0.3) is 0 Å². The molecule has 1 rings (SSSR count). The van der Waals surface area contributed by atoms with Crippen LogP contribution >= 0.6 is 0 Å². The number of amides is 1. The predicted octanol–water partition coefficient (Wildman–Crippen LogP) is -0.338. The maximum Gasteiger partial charge on any atom is 0.273 e. The second-order valence-electron chi connectivity index (χ2n) is 3.23. The van der Waals surface area contributed by atoms with Gasteiger partial charge in [0.25, 0.3) is 5.91 Å². The van der Waals surface area contributed by atoms with Crippen molar-refractivity contribution >= 4 is 5.91 Å². The molecular weight excluding hydrogens is 182 g/mol. The Labute approximate surface area is 82.3 Å². The highest BCUT2D eigenvalue weighted by Gasteiger charge is 2.06. The minimum atomic E-state index is -0.205. The third-order valence-electron chi connectivity index (χ3n) is 1.77. The zero-order valence-electron chi connectivity index (χ0n) is 8.16. The summed E-state index contributed by atoms with van der Waals surface area (Å²) in [6, 6.07) is 0.180. The van der Waals surface area contributed by atoms with Gasteiger partial charge in [0.2, 0.25) is 0 Å². The van der Waals surface area contributed by atoms with E-state index in [9.17, 15) is 4.79 Å². The number of H-pyrrole nitrogens is 1. The number of nitrogens with two attached hydrogens (primary N) is 1. The van der Waals surface area contributed by atoms with E-state index in [0.29, 0.717) is 12.2 Å². The Kier molecular flexibility index (Phi) is 4.06. The zero-order valence-corrected chi connectivity index (χ0v) is 8.16. The van der Waals surface area contributed by atoms with E-state index in [1.807, 2.05) is 6.92 Å². The average Bonchev–Trinajstić information content (AvgIpc) is 2.64. The molecule has 1 aromatic heterocycles. The molecule has 0 aliphatic heterocycles. The van der Waals surface area contributed by atoms with Crippen molar-refractivity contribution < 1.29 is 4.79 Å². The lowest BCUT2D eigenvalue weighted by Gasteiger charge is -2.05. The third kappa shape index (κ3) is 3.53. The van der Waals surface area contributed by atoms with Gasteiger partial charge in [-0.1, -0.05) is 0 Å². The summed E-state index contributed by atoms with van der Waals surface area (Å²) in [4.78, 5) is 11.3. The number of nitrogens with one attached hydrogen (secondary N) is 2. The molecule has 14 heavy (non-hydrogen) atoms. The average molecular weight is 197 g/mol. The Balaban J connectivity index is 2.16. The van der Waals surface area contributed by atoms with Gasteiger partial charge in [-0.15, -0.1) is 0 Å². The van der Waals surface area contributed by atoms with Crippen LogP contribution in [0.4, 0.5) is 0 Å². The predicted molar refractivity (Wildman–Crippen MR) is 51.6 cm³/mol. The molecule has 0 bridgehead atoms. The van der Waals surface area contributed by atoms with E-state index < -0.39 is 0 Å². The van der Waals surface area contributed by atoms with Crippen molar-refractivity contribution in [2.24, 2.45) is 5.73 Å². The zero-order chi connectivity index (χ0) is 10.4. The van der Waals surface area contributed by atoms with Gasteiger partial charge in [0.05, 0.1) is 6.20 Å². The molecule has 4 N–H and O–H groups in total. The lowest BCUT2D eigenvalue weighted by molar-refractivity contribution is 0.0947. The van der Waals surface area contributed by atoms with Gasteiger partial charge in [0.1, 0.15) is 0 Å². The quantitative estimate of drug-likeness (QED) is 0.563. The summed E-state index contributed by atoms with van der Waals surface area (Å²) in [6.45, 7) is 2.56. The van der Waals surface area contributed by atoms with Crippen LogP contribution in [0, 0.1) is 0 Å². The first-order valence-corrected chi connectivity index (χ1v) is 4.59. The molecule has 1 unspecified atom stereocenters. The van der Waals surface area contributed by atoms with E-state index in [1.54, 1.807) is 0 Å². The highest BCUT2D eigenvalue weighted by atomic mass is 16.1. The summed E-state index contributed by atoms with van der Waals surface area (Å²) in [5.74, 6) is -0.205. The largest absolute Gasteiger partial charge is 0.351 e. The number of nitrogens with zero attached hydrogens (tertiary/aromatic N) is 2. The Morgan fingerprint density at radius 2 is 2.57 bits per heavy atom. The van der Waals surface area contributed by atoms with Gasteiger partial charge < -0.3 is 11.1 Å². The van der Waals surface area contributed by atoms with Gasteiger partial charge in [0, 0.05) is 12.6 Å². The molecule has 0 spiro atoms. The van der Waals surface area contributed by atoms with E-state index in [1.165, 1.54) is 6.20 Å². The van der Waals surface area contributed by atoms with Crippen molar-refractivity contribution in [1.82, 2.24) is 20.7 Å². The van der Waals surface area contributed by atoms with E-state index in [4.69, 9.17) is 5.73 Å². The molecule has 0 aromatic carbocycles. The highest BCUT2D eigenvalue weighted by Crippen LogP contribution is 1.92. The van der Waals surface area contributed by atoms with Crippen molar-refractivity contribution in [1.29, 1.82) is 0 Å². The fourth-order valence-electron chi connectivity index (χ4n) is 1.03. The van der Waals surface area contributed by atoms with Crippen LogP contribution in [-0.2, 0) is 0 Å². The molecule has 1 aromatic rings. The minimum absolute atomic E-state index is 0.180. The molecular formula is C8H15N5O. The minimum Gasteiger partial charge on any atom is -0.351 e. The topological polar surface area (TPSA) is 96.7 Å². The Morgan fingerprint density at radius 3 is 3.14 bits per heavy atom. The second-order valence-corrected chi connectivity index (χ2v) is 3.23. The summed E-state index contributed by atoms with van der Waals surface area (Å²) < 4.78 is 0. The first-order chi connectivity index (χ1) is 6.70. The molecule has 0 radical (unpaired) electrons. The van der Waals surface area contributed by atoms with Gasteiger partial charge >= 0.3 is 0 Å². The van der Waals surface area contributed by atoms with Crippen LogP contribution in [0.15, 0.2) is 6.20 Å². The number of rotatable bonds is 5. The summed E-state index contributed by atoms with van der Waals surface area (Å²) >= 11 is 0. The molecule has 1 heterocycles. The molecule has 6 heteroatoms. The molecule has 0 fully saturated rings. The third-order valence-corrected chi connectivity index (χ3v) is 1.77. The van der Waals surface area contributed by atoms with Gasteiger partial charge in [-0.3, -0.25) is 4.79 Å². The monoisotopic (exact) mass is 197 g/mol. The lowest BCUT2D eigenvalue weighted by Crippen LogP contribution is -2.26. The molecule has 78 valence electrons. The van der Waals surface area contributed by atoms with Crippen molar-refractivity contribution in [3.05, 3.63) is 11.9 Å². The molecule has 0 saturated heterocycles. The first kappa shape index (κ1) is 10.6. The molecule has 0 aliphatic carbocycles. The number of carbonyl (C=O) groups is 1. The van der Waals surface area contributed by atoms with Crippen LogP contribution in [0.1, 0.15) is 30.3 Å².